The number of anilines is 1. The number of nitrogens with one attached hydrogen (secondary N) is 1. The van der Waals surface area contributed by atoms with Crippen LogP contribution in [0.3, 0.4) is 0 Å². The van der Waals surface area contributed by atoms with Crippen molar-refractivity contribution in [2.75, 3.05) is 5.32 Å². The minimum Gasteiger partial charge on any atom is -0.444 e. The van der Waals surface area contributed by atoms with E-state index in [1.165, 1.54) is 0 Å². The zero-order chi connectivity index (χ0) is 14.8. The summed E-state index contributed by atoms with van der Waals surface area (Å²) in [7, 11) is 0. The number of carbonyl (C=O) groups excluding carboxylic acids is 1. The van der Waals surface area contributed by atoms with Crippen molar-refractivity contribution in [1.82, 2.24) is 9.78 Å². The van der Waals surface area contributed by atoms with Crippen LogP contribution in [-0.4, -0.2) is 21.5 Å². The SMILES string of the molecule is C=CCn1ncc2ccc(NC(=O)OC(C)(C)C)cc21. The number of hydrogen-bond acceptors (Lipinski definition) is 3. The lowest BCUT2D eigenvalue weighted by molar-refractivity contribution is 0.0636. The summed E-state index contributed by atoms with van der Waals surface area (Å²) < 4.78 is 7.05. The molecule has 0 aliphatic carbocycles. The Hall–Kier alpha value is -2.30. The zero-order valence-electron chi connectivity index (χ0n) is 12.0. The van der Waals surface area contributed by atoms with Crippen LogP contribution in [0.25, 0.3) is 10.9 Å². The largest absolute Gasteiger partial charge is 0.444 e. The molecule has 2 aromatic rings. The van der Waals surface area contributed by atoms with E-state index in [-0.39, 0.29) is 0 Å². The molecule has 0 bridgehead atoms. The lowest BCUT2D eigenvalue weighted by Gasteiger charge is -2.19. The molecule has 0 saturated heterocycles. The molecule has 2 rings (SSSR count). The van der Waals surface area contributed by atoms with Crippen LogP contribution in [0.4, 0.5) is 10.5 Å². The van der Waals surface area contributed by atoms with Gasteiger partial charge in [-0.05, 0) is 39.0 Å². The van der Waals surface area contributed by atoms with Crippen molar-refractivity contribution >= 4 is 22.7 Å². The fraction of sp³-hybridized carbons (Fsp3) is 0.333. The van der Waals surface area contributed by atoms with E-state index < -0.39 is 11.7 Å². The maximum atomic E-state index is 11.7. The highest BCUT2D eigenvalue weighted by Crippen LogP contribution is 2.20. The minimum absolute atomic E-state index is 0.466. The first-order valence-corrected chi connectivity index (χ1v) is 6.45. The number of fused-ring (bicyclic) bond motifs is 1. The van der Waals surface area contributed by atoms with Crippen molar-refractivity contribution in [3.8, 4) is 0 Å². The van der Waals surface area contributed by atoms with Crippen LogP contribution < -0.4 is 5.32 Å². The van der Waals surface area contributed by atoms with Crippen molar-refractivity contribution in [1.29, 1.82) is 0 Å². The van der Waals surface area contributed by atoms with Gasteiger partial charge in [0, 0.05) is 11.1 Å². The van der Waals surface area contributed by atoms with E-state index in [1.807, 2.05) is 43.7 Å². The predicted octanol–water partition coefficient (Wildman–Crippen LogP) is 3.57. The van der Waals surface area contributed by atoms with Gasteiger partial charge in [-0.1, -0.05) is 6.08 Å². The molecule has 0 fully saturated rings. The van der Waals surface area contributed by atoms with Crippen molar-refractivity contribution in [3.05, 3.63) is 37.1 Å². The van der Waals surface area contributed by atoms with Gasteiger partial charge in [0.2, 0.25) is 0 Å². The van der Waals surface area contributed by atoms with Gasteiger partial charge in [0.1, 0.15) is 5.60 Å². The smallest absolute Gasteiger partial charge is 0.412 e. The Morgan fingerprint density at radius 1 is 1.50 bits per heavy atom. The summed E-state index contributed by atoms with van der Waals surface area (Å²) in [5.74, 6) is 0. The van der Waals surface area contributed by atoms with E-state index in [4.69, 9.17) is 4.74 Å². The van der Waals surface area contributed by atoms with Gasteiger partial charge in [0.05, 0.1) is 18.3 Å². The quantitative estimate of drug-likeness (QED) is 0.870. The second kappa shape index (κ2) is 5.36. The Balaban J connectivity index is 2.20. The zero-order valence-corrected chi connectivity index (χ0v) is 12.0. The molecule has 1 heterocycles. The number of benzene rings is 1. The maximum absolute atomic E-state index is 11.7. The van der Waals surface area contributed by atoms with E-state index in [1.54, 1.807) is 12.3 Å². The van der Waals surface area contributed by atoms with Crippen molar-refractivity contribution in [3.63, 3.8) is 0 Å². The second-order valence-electron chi connectivity index (χ2n) is 5.52. The van der Waals surface area contributed by atoms with Crippen LogP contribution in [-0.2, 0) is 11.3 Å². The molecular formula is C15H19N3O2. The number of rotatable bonds is 3. The number of amides is 1. The summed E-state index contributed by atoms with van der Waals surface area (Å²) >= 11 is 0. The number of aromatic nitrogens is 2. The maximum Gasteiger partial charge on any atom is 0.412 e. The highest BCUT2D eigenvalue weighted by atomic mass is 16.6. The summed E-state index contributed by atoms with van der Waals surface area (Å²) in [6.07, 6.45) is 3.10. The van der Waals surface area contributed by atoms with Crippen molar-refractivity contribution < 1.29 is 9.53 Å². The van der Waals surface area contributed by atoms with Gasteiger partial charge in [0.25, 0.3) is 0 Å². The summed E-state index contributed by atoms with van der Waals surface area (Å²) in [6.45, 7) is 9.81. The molecule has 1 N–H and O–H groups in total. The Labute approximate surface area is 118 Å². The lowest BCUT2D eigenvalue weighted by atomic mass is 10.2. The monoisotopic (exact) mass is 273 g/mol. The molecule has 1 aromatic heterocycles. The Bertz CT molecular complexity index is 638. The van der Waals surface area contributed by atoms with E-state index in [2.05, 4.69) is 17.0 Å². The first kappa shape index (κ1) is 14.1. The van der Waals surface area contributed by atoms with Crippen LogP contribution in [0, 0.1) is 0 Å². The lowest BCUT2D eigenvalue weighted by Crippen LogP contribution is -2.27. The topological polar surface area (TPSA) is 56.2 Å². The Morgan fingerprint density at radius 3 is 2.90 bits per heavy atom. The molecule has 0 unspecified atom stereocenters. The fourth-order valence-electron chi connectivity index (χ4n) is 1.84. The normalized spacial score (nSPS) is 11.3. The van der Waals surface area contributed by atoms with Gasteiger partial charge in [-0.15, -0.1) is 6.58 Å². The van der Waals surface area contributed by atoms with E-state index in [0.29, 0.717) is 12.2 Å². The Morgan fingerprint density at radius 2 is 2.25 bits per heavy atom. The third kappa shape index (κ3) is 3.38. The third-order valence-corrected chi connectivity index (χ3v) is 2.59. The molecule has 106 valence electrons. The Kier molecular flexibility index (Phi) is 3.79. The average molecular weight is 273 g/mol. The summed E-state index contributed by atoms with van der Waals surface area (Å²) in [4.78, 5) is 11.7. The van der Waals surface area contributed by atoms with Crippen LogP contribution in [0.5, 0.6) is 0 Å². The van der Waals surface area contributed by atoms with Crippen molar-refractivity contribution in [2.45, 2.75) is 32.9 Å². The van der Waals surface area contributed by atoms with Gasteiger partial charge >= 0.3 is 6.09 Å². The molecule has 5 heteroatoms. The molecule has 0 aliphatic heterocycles. The van der Waals surface area contributed by atoms with Gasteiger partial charge in [-0.25, -0.2) is 4.79 Å². The number of ether oxygens (including phenoxy) is 1. The molecular weight excluding hydrogens is 254 g/mol. The van der Waals surface area contributed by atoms with E-state index >= 15 is 0 Å². The van der Waals surface area contributed by atoms with Gasteiger partial charge < -0.3 is 4.74 Å². The fourth-order valence-corrected chi connectivity index (χ4v) is 1.84. The third-order valence-electron chi connectivity index (χ3n) is 2.59. The van der Waals surface area contributed by atoms with Gasteiger partial charge in [-0.2, -0.15) is 5.10 Å². The standard InChI is InChI=1S/C15H19N3O2/c1-5-8-18-13-9-12(7-6-11(13)10-16-18)17-14(19)20-15(2,3)4/h5-7,9-10H,1,8H2,2-4H3,(H,17,19). The van der Waals surface area contributed by atoms with Crippen LogP contribution in [0.15, 0.2) is 37.1 Å². The van der Waals surface area contributed by atoms with E-state index in [9.17, 15) is 4.79 Å². The van der Waals surface area contributed by atoms with Gasteiger partial charge in [0.15, 0.2) is 0 Å². The second-order valence-corrected chi connectivity index (χ2v) is 5.52. The number of nitrogens with zero attached hydrogens (tertiary/aromatic N) is 2. The van der Waals surface area contributed by atoms with Crippen molar-refractivity contribution in [2.24, 2.45) is 0 Å². The number of allylic oxidation sites excluding steroid dienone is 1. The molecule has 1 amide bonds. The van der Waals surface area contributed by atoms with Crippen LogP contribution >= 0.6 is 0 Å². The van der Waals surface area contributed by atoms with E-state index in [0.717, 1.165) is 10.9 Å². The molecule has 0 aliphatic rings. The highest BCUT2D eigenvalue weighted by Gasteiger charge is 2.16. The molecule has 1 aromatic carbocycles. The highest BCUT2D eigenvalue weighted by molar-refractivity contribution is 5.89. The van der Waals surface area contributed by atoms with Crippen LogP contribution in [0.1, 0.15) is 20.8 Å². The average Bonchev–Trinajstić information content (AvgIpc) is 2.70. The first-order valence-electron chi connectivity index (χ1n) is 6.45. The molecule has 0 atom stereocenters. The number of hydrogen-bond donors (Lipinski definition) is 1. The predicted molar refractivity (Wildman–Crippen MR) is 79.8 cm³/mol. The minimum atomic E-state index is -0.515. The molecule has 5 nitrogen and oxygen atoms in total. The molecule has 0 saturated carbocycles. The van der Waals surface area contributed by atoms with Crippen LogP contribution in [0.2, 0.25) is 0 Å². The summed E-state index contributed by atoms with van der Waals surface area (Å²) in [5.41, 5.74) is 1.11. The summed E-state index contributed by atoms with van der Waals surface area (Å²) in [6, 6.07) is 5.61. The molecule has 0 spiro atoms. The molecule has 20 heavy (non-hydrogen) atoms. The first-order chi connectivity index (χ1) is 9.39. The van der Waals surface area contributed by atoms with Gasteiger partial charge in [-0.3, -0.25) is 10.00 Å². The molecule has 0 radical (unpaired) electrons. The summed E-state index contributed by atoms with van der Waals surface area (Å²) in [5, 5.41) is 8.00. The number of carbonyl (C=O) groups is 1.